The molecule has 0 radical (unpaired) electrons. The number of carboxylic acid groups (broad SMARTS) is 1. The molecule has 0 fully saturated rings. The van der Waals surface area contributed by atoms with Gasteiger partial charge in [0, 0.05) is 41.4 Å². The fourth-order valence-electron chi connectivity index (χ4n) is 1.26. The van der Waals surface area contributed by atoms with Crippen LogP contribution in [0, 0.1) is 0 Å². The Kier molecular flexibility index (Phi) is 7.58. The molecule has 0 aliphatic carbocycles. The van der Waals surface area contributed by atoms with Crippen molar-refractivity contribution in [2.24, 2.45) is 0 Å². The lowest BCUT2D eigenvalue weighted by Crippen LogP contribution is -2.46. The van der Waals surface area contributed by atoms with Crippen LogP contribution in [0.4, 0.5) is 4.79 Å². The lowest BCUT2D eigenvalue weighted by atomic mass is 10.3. The third-order valence-electron chi connectivity index (χ3n) is 2.56. The van der Waals surface area contributed by atoms with Crippen LogP contribution in [-0.4, -0.2) is 56.9 Å². The van der Waals surface area contributed by atoms with E-state index in [9.17, 15) is 13.8 Å². The number of hydrogen-bond acceptors (Lipinski definition) is 3. The van der Waals surface area contributed by atoms with E-state index in [4.69, 9.17) is 5.11 Å². The molecule has 2 amide bonds. The topological polar surface area (TPSA) is 86.7 Å². The van der Waals surface area contributed by atoms with Gasteiger partial charge in [0.05, 0.1) is 6.42 Å². The first kappa shape index (κ1) is 16.9. The Labute approximate surface area is 110 Å². The van der Waals surface area contributed by atoms with Crippen molar-refractivity contribution in [2.75, 3.05) is 19.3 Å². The van der Waals surface area contributed by atoms with Crippen molar-refractivity contribution >= 4 is 22.8 Å². The Morgan fingerprint density at radius 2 is 1.89 bits per heavy atom. The molecule has 0 bridgehead atoms. The Morgan fingerprint density at radius 1 is 1.33 bits per heavy atom. The van der Waals surface area contributed by atoms with Gasteiger partial charge in [-0.05, 0) is 20.8 Å². The van der Waals surface area contributed by atoms with Crippen molar-refractivity contribution in [2.45, 2.75) is 38.5 Å². The third-order valence-corrected chi connectivity index (χ3v) is 3.86. The van der Waals surface area contributed by atoms with Gasteiger partial charge in [0.25, 0.3) is 0 Å². The van der Waals surface area contributed by atoms with E-state index in [1.807, 2.05) is 13.8 Å². The molecule has 0 aromatic carbocycles. The van der Waals surface area contributed by atoms with Gasteiger partial charge in [-0.1, -0.05) is 0 Å². The highest BCUT2D eigenvalue weighted by molar-refractivity contribution is 7.84. The summed E-state index contributed by atoms with van der Waals surface area (Å²) in [4.78, 5) is 23.8. The predicted molar refractivity (Wildman–Crippen MR) is 71.0 cm³/mol. The molecule has 2 unspecified atom stereocenters. The first-order valence-corrected chi connectivity index (χ1v) is 7.46. The van der Waals surface area contributed by atoms with Crippen LogP contribution in [0.3, 0.4) is 0 Å². The minimum atomic E-state index is -0.989. The second-order valence-corrected chi connectivity index (χ2v) is 6.23. The molecule has 2 N–H and O–H groups in total. The van der Waals surface area contributed by atoms with E-state index in [0.717, 1.165) is 0 Å². The molecule has 0 aliphatic heterocycles. The summed E-state index contributed by atoms with van der Waals surface area (Å²) >= 11 is 0. The van der Waals surface area contributed by atoms with Crippen molar-refractivity contribution in [3.05, 3.63) is 0 Å². The van der Waals surface area contributed by atoms with Gasteiger partial charge < -0.3 is 15.3 Å². The van der Waals surface area contributed by atoms with Crippen molar-refractivity contribution in [1.82, 2.24) is 10.2 Å². The highest BCUT2D eigenvalue weighted by Gasteiger charge is 2.18. The molecule has 0 heterocycles. The largest absolute Gasteiger partial charge is 0.481 e. The number of amides is 2. The molecule has 0 rings (SSSR count). The molecule has 0 aromatic heterocycles. The SMILES string of the molecule is CC(C)N(CCC(=O)O)C(=O)NCC(C)S(C)=O. The number of aliphatic carboxylic acids is 1. The molecule has 0 spiro atoms. The van der Waals surface area contributed by atoms with Gasteiger partial charge in [-0.15, -0.1) is 0 Å². The zero-order valence-electron chi connectivity index (χ0n) is 11.3. The van der Waals surface area contributed by atoms with Gasteiger partial charge in [-0.25, -0.2) is 4.79 Å². The van der Waals surface area contributed by atoms with Crippen LogP contribution in [0.2, 0.25) is 0 Å². The maximum atomic E-state index is 11.8. The smallest absolute Gasteiger partial charge is 0.317 e. The molecule has 0 saturated heterocycles. The molecule has 18 heavy (non-hydrogen) atoms. The van der Waals surface area contributed by atoms with Crippen molar-refractivity contribution < 1.29 is 18.9 Å². The number of carbonyl (C=O) groups is 2. The molecular formula is C11H22N2O4S. The van der Waals surface area contributed by atoms with Crippen LogP contribution in [-0.2, 0) is 15.6 Å². The van der Waals surface area contributed by atoms with Gasteiger partial charge >= 0.3 is 12.0 Å². The maximum absolute atomic E-state index is 11.8. The molecular weight excluding hydrogens is 256 g/mol. The minimum absolute atomic E-state index is 0.0771. The molecule has 2 atom stereocenters. The Bertz CT molecular complexity index is 320. The first-order chi connectivity index (χ1) is 8.25. The fraction of sp³-hybridized carbons (Fsp3) is 0.818. The minimum Gasteiger partial charge on any atom is -0.481 e. The Hall–Kier alpha value is -1.11. The standard InChI is InChI=1S/C11H22N2O4S/c1-8(2)13(6-5-10(14)15)11(16)12-7-9(3)18(4)17/h8-9H,5-7H2,1-4H3,(H,12,16)(H,14,15). The van der Waals surface area contributed by atoms with Gasteiger partial charge in [0.1, 0.15) is 0 Å². The predicted octanol–water partition coefficient (Wildman–Crippen LogP) is 0.648. The molecule has 7 heteroatoms. The monoisotopic (exact) mass is 278 g/mol. The summed E-state index contributed by atoms with van der Waals surface area (Å²) in [6.07, 6.45) is 1.50. The van der Waals surface area contributed by atoms with Crippen LogP contribution in [0.1, 0.15) is 27.2 Å². The number of nitrogens with zero attached hydrogens (tertiary/aromatic N) is 1. The fourth-order valence-corrected chi connectivity index (χ4v) is 1.58. The highest BCUT2D eigenvalue weighted by atomic mass is 32.2. The normalized spacial score (nSPS) is 14.1. The Balaban J connectivity index is 4.31. The number of rotatable bonds is 7. The van der Waals surface area contributed by atoms with Gasteiger partial charge in [0.15, 0.2) is 0 Å². The number of hydrogen-bond donors (Lipinski definition) is 2. The third kappa shape index (κ3) is 6.58. The average Bonchev–Trinajstić information content (AvgIpc) is 2.24. The quantitative estimate of drug-likeness (QED) is 0.716. The van der Waals surface area contributed by atoms with E-state index in [1.165, 1.54) is 4.90 Å². The van der Waals surface area contributed by atoms with Crippen LogP contribution in [0.25, 0.3) is 0 Å². The lowest BCUT2D eigenvalue weighted by molar-refractivity contribution is -0.137. The Morgan fingerprint density at radius 3 is 2.28 bits per heavy atom. The summed E-state index contributed by atoms with van der Waals surface area (Å²) in [5.41, 5.74) is 0. The summed E-state index contributed by atoms with van der Waals surface area (Å²) in [5.74, 6) is -0.934. The molecule has 0 aromatic rings. The highest BCUT2D eigenvalue weighted by Crippen LogP contribution is 2.01. The second-order valence-electron chi connectivity index (χ2n) is 4.43. The molecule has 6 nitrogen and oxygen atoms in total. The summed E-state index contributed by atoms with van der Waals surface area (Å²) in [6.45, 7) is 5.92. The van der Waals surface area contributed by atoms with Gasteiger partial charge in [0.2, 0.25) is 0 Å². The first-order valence-electron chi connectivity index (χ1n) is 5.84. The average molecular weight is 278 g/mol. The van der Waals surface area contributed by atoms with E-state index in [0.29, 0.717) is 6.54 Å². The van der Waals surface area contributed by atoms with Crippen molar-refractivity contribution in [3.63, 3.8) is 0 Å². The van der Waals surface area contributed by atoms with E-state index >= 15 is 0 Å². The number of urea groups is 1. The van der Waals surface area contributed by atoms with Gasteiger partial charge in [-0.3, -0.25) is 9.00 Å². The number of nitrogens with one attached hydrogen (secondary N) is 1. The summed E-state index contributed by atoms with van der Waals surface area (Å²) < 4.78 is 11.1. The molecule has 0 aliphatic rings. The lowest BCUT2D eigenvalue weighted by Gasteiger charge is -2.26. The summed E-state index contributed by atoms with van der Waals surface area (Å²) in [7, 11) is -0.989. The van der Waals surface area contributed by atoms with E-state index in [-0.39, 0.29) is 30.3 Å². The summed E-state index contributed by atoms with van der Waals surface area (Å²) in [5, 5.41) is 11.2. The second kappa shape index (κ2) is 8.07. The van der Waals surface area contributed by atoms with E-state index in [1.54, 1.807) is 13.2 Å². The zero-order chi connectivity index (χ0) is 14.3. The summed E-state index contributed by atoms with van der Waals surface area (Å²) in [6, 6.07) is -0.393. The number of carbonyl (C=O) groups excluding carboxylic acids is 1. The van der Waals surface area contributed by atoms with Gasteiger partial charge in [-0.2, -0.15) is 0 Å². The van der Waals surface area contributed by atoms with Crippen molar-refractivity contribution in [3.8, 4) is 0 Å². The van der Waals surface area contributed by atoms with Crippen LogP contribution < -0.4 is 5.32 Å². The van der Waals surface area contributed by atoms with E-state index in [2.05, 4.69) is 5.32 Å². The number of carboxylic acids is 1. The van der Waals surface area contributed by atoms with Crippen LogP contribution in [0.15, 0.2) is 0 Å². The maximum Gasteiger partial charge on any atom is 0.317 e. The van der Waals surface area contributed by atoms with Crippen LogP contribution >= 0.6 is 0 Å². The molecule has 106 valence electrons. The van der Waals surface area contributed by atoms with E-state index < -0.39 is 16.8 Å². The van der Waals surface area contributed by atoms with Crippen molar-refractivity contribution in [1.29, 1.82) is 0 Å². The zero-order valence-corrected chi connectivity index (χ0v) is 12.1. The molecule has 0 saturated carbocycles. The van der Waals surface area contributed by atoms with Crippen LogP contribution in [0.5, 0.6) is 0 Å².